The van der Waals surface area contributed by atoms with Gasteiger partial charge in [-0.15, -0.1) is 11.8 Å². The molecule has 1 aliphatic heterocycles. The first-order chi connectivity index (χ1) is 6.83. The highest BCUT2D eigenvalue weighted by molar-refractivity contribution is 8.00. The van der Waals surface area contributed by atoms with Gasteiger partial charge in [0.1, 0.15) is 5.37 Å². The molecule has 2 nitrogen and oxygen atoms in total. The molecule has 0 bridgehead atoms. The van der Waals surface area contributed by atoms with Crippen molar-refractivity contribution in [3.8, 4) is 0 Å². The van der Waals surface area contributed by atoms with Crippen molar-refractivity contribution in [2.75, 3.05) is 12.3 Å². The van der Waals surface area contributed by atoms with Gasteiger partial charge >= 0.3 is 0 Å². The molecule has 0 N–H and O–H groups in total. The van der Waals surface area contributed by atoms with Crippen molar-refractivity contribution in [2.24, 2.45) is 0 Å². The molecule has 1 heterocycles. The maximum absolute atomic E-state index is 11.5. The van der Waals surface area contributed by atoms with Crippen molar-refractivity contribution in [1.82, 2.24) is 4.90 Å². The Morgan fingerprint density at radius 1 is 1.43 bits per heavy atom. The molecule has 1 fully saturated rings. The van der Waals surface area contributed by atoms with Gasteiger partial charge < -0.3 is 4.90 Å². The zero-order chi connectivity index (χ0) is 9.97. The van der Waals surface area contributed by atoms with Crippen LogP contribution in [0.2, 0.25) is 0 Å². The third-order valence-electron chi connectivity index (χ3n) is 2.39. The summed E-state index contributed by atoms with van der Waals surface area (Å²) in [5, 5.41) is 0.230. The second-order valence-electron chi connectivity index (χ2n) is 3.25. The molecular weight excluding hydrogens is 194 g/mol. The van der Waals surface area contributed by atoms with E-state index >= 15 is 0 Å². The first-order valence-electron chi connectivity index (χ1n) is 4.79. The van der Waals surface area contributed by atoms with E-state index in [0.29, 0.717) is 5.75 Å². The van der Waals surface area contributed by atoms with E-state index in [1.165, 1.54) is 5.56 Å². The van der Waals surface area contributed by atoms with Crippen molar-refractivity contribution < 1.29 is 4.79 Å². The summed E-state index contributed by atoms with van der Waals surface area (Å²) in [6.45, 7) is 2.82. The summed E-state index contributed by atoms with van der Waals surface area (Å²) in [4.78, 5) is 13.4. The van der Waals surface area contributed by atoms with Crippen LogP contribution in [0.25, 0.3) is 0 Å². The molecule has 0 saturated carbocycles. The zero-order valence-electron chi connectivity index (χ0n) is 8.14. The molecule has 0 aliphatic carbocycles. The highest BCUT2D eigenvalue weighted by Gasteiger charge is 2.30. The number of hydrogen-bond donors (Lipinski definition) is 0. The highest BCUT2D eigenvalue weighted by atomic mass is 32.2. The molecule has 1 aromatic carbocycles. The highest BCUT2D eigenvalue weighted by Crippen LogP contribution is 2.37. The van der Waals surface area contributed by atoms with E-state index in [1.54, 1.807) is 11.8 Å². The first-order valence-corrected chi connectivity index (χ1v) is 5.84. The van der Waals surface area contributed by atoms with Crippen molar-refractivity contribution in [2.45, 2.75) is 12.3 Å². The fourth-order valence-electron chi connectivity index (χ4n) is 1.69. The predicted molar refractivity (Wildman–Crippen MR) is 59.0 cm³/mol. The van der Waals surface area contributed by atoms with E-state index in [2.05, 4.69) is 12.1 Å². The first kappa shape index (κ1) is 9.59. The number of carbonyl (C=O) groups excluding carboxylic acids is 1. The van der Waals surface area contributed by atoms with Crippen LogP contribution in [-0.4, -0.2) is 23.1 Å². The van der Waals surface area contributed by atoms with E-state index < -0.39 is 0 Å². The number of thioether (sulfide) groups is 1. The molecule has 0 unspecified atom stereocenters. The Morgan fingerprint density at radius 2 is 2.14 bits per heavy atom. The van der Waals surface area contributed by atoms with Crippen LogP contribution in [0.4, 0.5) is 0 Å². The summed E-state index contributed by atoms with van der Waals surface area (Å²) >= 11 is 1.71. The van der Waals surface area contributed by atoms with Crippen LogP contribution in [0.1, 0.15) is 17.9 Å². The fourth-order valence-corrected chi connectivity index (χ4v) is 2.95. The predicted octanol–water partition coefficient (Wildman–Crippen LogP) is 2.28. The average molecular weight is 207 g/mol. The third-order valence-corrected chi connectivity index (χ3v) is 3.65. The topological polar surface area (TPSA) is 20.3 Å². The van der Waals surface area contributed by atoms with Crippen molar-refractivity contribution in [3.63, 3.8) is 0 Å². The van der Waals surface area contributed by atoms with E-state index in [4.69, 9.17) is 0 Å². The summed E-state index contributed by atoms with van der Waals surface area (Å²) in [7, 11) is 0. The Morgan fingerprint density at radius 3 is 2.79 bits per heavy atom. The van der Waals surface area contributed by atoms with Crippen LogP contribution in [0.15, 0.2) is 30.3 Å². The molecule has 1 atom stereocenters. The van der Waals surface area contributed by atoms with Crippen LogP contribution in [-0.2, 0) is 4.79 Å². The standard InChI is InChI=1S/C11H13NOS/c1-2-12-10(13)8-14-11(12)9-6-4-3-5-7-9/h3-7,11H,2,8H2,1H3/t11-/m0/s1. The zero-order valence-corrected chi connectivity index (χ0v) is 8.96. The Kier molecular flexibility index (Phi) is 2.77. The quantitative estimate of drug-likeness (QED) is 0.741. The van der Waals surface area contributed by atoms with Crippen molar-refractivity contribution >= 4 is 17.7 Å². The second kappa shape index (κ2) is 4.05. The van der Waals surface area contributed by atoms with Gasteiger partial charge in [-0.05, 0) is 12.5 Å². The average Bonchev–Trinajstić information content (AvgIpc) is 2.61. The van der Waals surface area contributed by atoms with Gasteiger partial charge in [-0.1, -0.05) is 30.3 Å². The maximum Gasteiger partial charge on any atom is 0.233 e. The van der Waals surface area contributed by atoms with Crippen LogP contribution in [0.3, 0.4) is 0 Å². The fraction of sp³-hybridized carbons (Fsp3) is 0.364. The van der Waals surface area contributed by atoms with E-state index in [9.17, 15) is 4.79 Å². The van der Waals surface area contributed by atoms with Crippen LogP contribution < -0.4 is 0 Å². The smallest absolute Gasteiger partial charge is 0.233 e. The number of hydrogen-bond acceptors (Lipinski definition) is 2. The Bertz CT molecular complexity index is 325. The van der Waals surface area contributed by atoms with Gasteiger partial charge in [0.25, 0.3) is 0 Å². The maximum atomic E-state index is 11.5. The van der Waals surface area contributed by atoms with Gasteiger partial charge in [-0.25, -0.2) is 0 Å². The normalized spacial score (nSPS) is 21.6. The molecule has 0 radical (unpaired) electrons. The molecule has 74 valence electrons. The Hall–Kier alpha value is -0.960. The number of rotatable bonds is 2. The molecular formula is C11H13NOS. The monoisotopic (exact) mass is 207 g/mol. The second-order valence-corrected chi connectivity index (χ2v) is 4.32. The van der Waals surface area contributed by atoms with Crippen LogP contribution >= 0.6 is 11.8 Å². The van der Waals surface area contributed by atoms with E-state index in [1.807, 2.05) is 30.0 Å². The SMILES string of the molecule is CCN1C(=O)CS[C@H]1c1ccccc1. The Labute approximate surface area is 88.3 Å². The third kappa shape index (κ3) is 1.64. The molecule has 1 amide bonds. The lowest BCUT2D eigenvalue weighted by Gasteiger charge is -2.22. The lowest BCUT2D eigenvalue weighted by atomic mass is 10.2. The van der Waals surface area contributed by atoms with Gasteiger partial charge in [0.05, 0.1) is 5.75 Å². The lowest BCUT2D eigenvalue weighted by Crippen LogP contribution is -2.27. The lowest BCUT2D eigenvalue weighted by molar-refractivity contribution is -0.127. The van der Waals surface area contributed by atoms with Crippen LogP contribution in [0, 0.1) is 0 Å². The van der Waals surface area contributed by atoms with Crippen molar-refractivity contribution in [1.29, 1.82) is 0 Å². The van der Waals surface area contributed by atoms with Crippen molar-refractivity contribution in [3.05, 3.63) is 35.9 Å². The molecule has 0 spiro atoms. The van der Waals surface area contributed by atoms with Gasteiger partial charge in [0.15, 0.2) is 0 Å². The molecule has 1 aromatic rings. The molecule has 3 heteroatoms. The van der Waals surface area contributed by atoms with Gasteiger partial charge in [0, 0.05) is 6.54 Å². The Balaban J connectivity index is 2.23. The number of benzene rings is 1. The summed E-state index contributed by atoms with van der Waals surface area (Å²) in [5.74, 6) is 0.874. The molecule has 1 aliphatic rings. The minimum Gasteiger partial charge on any atom is -0.326 e. The number of nitrogens with zero attached hydrogens (tertiary/aromatic N) is 1. The summed E-state index contributed by atoms with van der Waals surface area (Å²) in [6, 6.07) is 10.2. The molecule has 0 aromatic heterocycles. The van der Waals surface area contributed by atoms with E-state index in [0.717, 1.165) is 6.54 Å². The number of amides is 1. The largest absolute Gasteiger partial charge is 0.326 e. The van der Waals surface area contributed by atoms with Gasteiger partial charge in [-0.3, -0.25) is 4.79 Å². The minimum absolute atomic E-state index is 0.230. The van der Waals surface area contributed by atoms with E-state index in [-0.39, 0.29) is 11.3 Å². The summed E-state index contributed by atoms with van der Waals surface area (Å²) in [6.07, 6.45) is 0. The van der Waals surface area contributed by atoms with Gasteiger partial charge in [0.2, 0.25) is 5.91 Å². The molecule has 1 saturated heterocycles. The minimum atomic E-state index is 0.230. The summed E-state index contributed by atoms with van der Waals surface area (Å²) in [5.41, 5.74) is 1.23. The molecule has 14 heavy (non-hydrogen) atoms. The summed E-state index contributed by atoms with van der Waals surface area (Å²) < 4.78 is 0. The number of carbonyl (C=O) groups is 1. The van der Waals surface area contributed by atoms with Crippen LogP contribution in [0.5, 0.6) is 0 Å². The molecule has 2 rings (SSSR count). The van der Waals surface area contributed by atoms with Gasteiger partial charge in [-0.2, -0.15) is 0 Å².